The van der Waals surface area contributed by atoms with Gasteiger partial charge in [0.25, 0.3) is 10.1 Å². The quantitative estimate of drug-likeness (QED) is 0.254. The van der Waals surface area contributed by atoms with E-state index >= 15 is 0 Å². The Morgan fingerprint density at radius 1 is 0.694 bits per heavy atom. The Hall–Kier alpha value is -3.84. The molecule has 0 aliphatic heterocycles. The van der Waals surface area contributed by atoms with Gasteiger partial charge in [0.1, 0.15) is 5.69 Å². The molecule has 4 rings (SSSR count). The van der Waals surface area contributed by atoms with Crippen molar-refractivity contribution in [1.82, 2.24) is 15.0 Å². The highest BCUT2D eigenvalue weighted by molar-refractivity contribution is 7.85. The van der Waals surface area contributed by atoms with Crippen molar-refractivity contribution in [1.29, 1.82) is 0 Å². The van der Waals surface area contributed by atoms with Gasteiger partial charge in [0, 0.05) is 22.9 Å². The van der Waals surface area contributed by atoms with Gasteiger partial charge in [-0.25, -0.2) is 9.97 Å². The van der Waals surface area contributed by atoms with E-state index in [4.69, 9.17) is 0 Å². The molecule has 6 nitrogen and oxygen atoms in total. The molecule has 0 bridgehead atoms. The van der Waals surface area contributed by atoms with Crippen molar-refractivity contribution >= 4 is 10.1 Å². The number of benzene rings is 2. The molecule has 4 aromatic rings. The average Bonchev–Trinajstić information content (AvgIpc) is 2.82. The van der Waals surface area contributed by atoms with Crippen LogP contribution in [0.3, 0.4) is 0 Å². The van der Waals surface area contributed by atoms with Crippen LogP contribution in [0.25, 0.3) is 33.9 Å². The molecule has 0 radical (unpaired) electrons. The van der Waals surface area contributed by atoms with Crippen LogP contribution in [0.15, 0.2) is 77.8 Å². The third-order valence-corrected chi connectivity index (χ3v) is 5.82. The molecule has 2 aromatic heterocycles. The Bertz CT molecular complexity index is 1540. The summed E-state index contributed by atoms with van der Waals surface area (Å²) in [6.07, 6.45) is -8.25. The first-order chi connectivity index (χ1) is 16.7. The lowest BCUT2D eigenvalue weighted by atomic mass is 10.1. The van der Waals surface area contributed by atoms with Gasteiger partial charge in [-0.15, -0.1) is 0 Å². The monoisotopic (exact) mass is 525 g/mol. The van der Waals surface area contributed by atoms with Gasteiger partial charge in [-0.1, -0.05) is 24.3 Å². The summed E-state index contributed by atoms with van der Waals surface area (Å²) in [5, 5.41) is 0. The molecule has 36 heavy (non-hydrogen) atoms. The van der Waals surface area contributed by atoms with Crippen LogP contribution in [0, 0.1) is 0 Å². The summed E-state index contributed by atoms with van der Waals surface area (Å²) in [5.74, 6) is -0.380. The van der Waals surface area contributed by atoms with E-state index in [0.717, 1.165) is 36.4 Å². The highest BCUT2D eigenvalue weighted by Crippen LogP contribution is 2.34. The van der Waals surface area contributed by atoms with Crippen molar-refractivity contribution in [2.45, 2.75) is 17.2 Å². The highest BCUT2D eigenvalue weighted by atomic mass is 32.2. The minimum absolute atomic E-state index is 0.00674. The van der Waals surface area contributed by atoms with Crippen molar-refractivity contribution in [2.24, 2.45) is 0 Å². The number of pyridine rings is 1. The highest BCUT2D eigenvalue weighted by Gasteiger charge is 2.34. The summed E-state index contributed by atoms with van der Waals surface area (Å²) in [5.41, 5.74) is -2.06. The molecule has 186 valence electrons. The van der Waals surface area contributed by atoms with E-state index < -0.39 is 38.6 Å². The van der Waals surface area contributed by atoms with Gasteiger partial charge in [0.05, 0.1) is 21.8 Å². The molecule has 2 heterocycles. The Kier molecular flexibility index (Phi) is 6.31. The van der Waals surface area contributed by atoms with E-state index in [1.54, 1.807) is 0 Å². The predicted molar refractivity (Wildman–Crippen MR) is 116 cm³/mol. The fourth-order valence-electron chi connectivity index (χ4n) is 3.24. The van der Waals surface area contributed by atoms with E-state index in [2.05, 4.69) is 15.0 Å². The lowest BCUT2D eigenvalue weighted by Crippen LogP contribution is -2.10. The molecular formula is C23H13F6N3O3S. The van der Waals surface area contributed by atoms with Gasteiger partial charge in [0.2, 0.25) is 0 Å². The summed E-state index contributed by atoms with van der Waals surface area (Å²) < 4.78 is 111. The molecule has 1 N–H and O–H groups in total. The molecule has 0 saturated carbocycles. The van der Waals surface area contributed by atoms with Gasteiger partial charge < -0.3 is 0 Å². The van der Waals surface area contributed by atoms with Crippen LogP contribution in [0.2, 0.25) is 0 Å². The third-order valence-electron chi connectivity index (χ3n) is 4.97. The number of rotatable bonds is 4. The summed E-state index contributed by atoms with van der Waals surface area (Å²) in [6, 6.07) is 11.8. The molecule has 13 heteroatoms. The molecule has 0 saturated heterocycles. The van der Waals surface area contributed by atoms with Crippen LogP contribution in [-0.2, 0) is 22.5 Å². The summed E-state index contributed by atoms with van der Waals surface area (Å²) in [6.45, 7) is 0. The zero-order chi connectivity index (χ0) is 26.3. The van der Waals surface area contributed by atoms with Crippen molar-refractivity contribution in [2.75, 3.05) is 0 Å². The standard InChI is InChI=1S/C23H13F6N3O3S/c24-22(25,26)16-6-4-13(5-7-16)19-12-20(23(27,28)29)32-21(31-19)15-8-9-30-18(11-15)14-2-1-3-17(10-14)36(33,34)35/h1-12H,(H,33,34,35). The largest absolute Gasteiger partial charge is 0.433 e. The van der Waals surface area contributed by atoms with E-state index in [-0.39, 0.29) is 33.9 Å². The summed E-state index contributed by atoms with van der Waals surface area (Å²) >= 11 is 0. The van der Waals surface area contributed by atoms with Crippen LogP contribution in [-0.4, -0.2) is 27.9 Å². The number of nitrogens with zero attached hydrogens (tertiary/aromatic N) is 3. The van der Waals surface area contributed by atoms with Crippen LogP contribution < -0.4 is 0 Å². The fourth-order valence-corrected chi connectivity index (χ4v) is 3.77. The second-order valence-electron chi connectivity index (χ2n) is 7.47. The van der Waals surface area contributed by atoms with Crippen LogP contribution in [0.4, 0.5) is 26.3 Å². The predicted octanol–water partition coefficient (Wildman–Crippen LogP) is 6.16. The summed E-state index contributed by atoms with van der Waals surface area (Å²) in [4.78, 5) is 11.4. The molecule has 0 aliphatic carbocycles. The lowest BCUT2D eigenvalue weighted by Gasteiger charge is -2.12. The molecule has 0 aliphatic rings. The van der Waals surface area contributed by atoms with E-state index in [1.165, 1.54) is 30.5 Å². The Morgan fingerprint density at radius 2 is 1.39 bits per heavy atom. The van der Waals surface area contributed by atoms with E-state index in [9.17, 15) is 39.3 Å². The van der Waals surface area contributed by atoms with E-state index in [0.29, 0.717) is 6.07 Å². The molecular weight excluding hydrogens is 512 g/mol. The maximum Gasteiger partial charge on any atom is 0.433 e. The van der Waals surface area contributed by atoms with Crippen LogP contribution in [0.5, 0.6) is 0 Å². The molecule has 0 amide bonds. The number of aromatic nitrogens is 3. The Labute approximate surface area is 200 Å². The maximum atomic E-state index is 13.6. The first kappa shape index (κ1) is 25.3. The Morgan fingerprint density at radius 3 is 2.00 bits per heavy atom. The third kappa shape index (κ3) is 5.52. The normalized spacial score (nSPS) is 12.5. The number of halogens is 6. The SMILES string of the molecule is O=S(=O)(O)c1cccc(-c2cc(-c3nc(-c4ccc(C(F)(F)F)cc4)cc(C(F)(F)F)n3)ccn2)c1. The second kappa shape index (κ2) is 8.99. The van der Waals surface area contributed by atoms with E-state index in [1.807, 2.05) is 0 Å². The second-order valence-corrected chi connectivity index (χ2v) is 8.89. The van der Waals surface area contributed by atoms with Crippen molar-refractivity contribution in [3.8, 4) is 33.9 Å². The number of alkyl halides is 6. The maximum absolute atomic E-state index is 13.6. The van der Waals surface area contributed by atoms with Crippen LogP contribution in [0.1, 0.15) is 11.3 Å². The molecule has 0 atom stereocenters. The number of hydrogen-bond acceptors (Lipinski definition) is 5. The fraction of sp³-hybridized carbons (Fsp3) is 0.0870. The van der Waals surface area contributed by atoms with Gasteiger partial charge in [0.15, 0.2) is 5.82 Å². The van der Waals surface area contributed by atoms with Crippen molar-refractivity contribution < 1.29 is 39.3 Å². The minimum Gasteiger partial charge on any atom is -0.282 e. The van der Waals surface area contributed by atoms with Crippen molar-refractivity contribution in [3.05, 3.63) is 84.2 Å². The van der Waals surface area contributed by atoms with Crippen molar-refractivity contribution in [3.63, 3.8) is 0 Å². The zero-order valence-corrected chi connectivity index (χ0v) is 18.5. The molecule has 0 fully saturated rings. The Balaban J connectivity index is 1.82. The van der Waals surface area contributed by atoms with Gasteiger partial charge >= 0.3 is 12.4 Å². The minimum atomic E-state index is -4.88. The van der Waals surface area contributed by atoms with Gasteiger partial charge in [-0.2, -0.15) is 34.8 Å². The molecule has 0 spiro atoms. The lowest BCUT2D eigenvalue weighted by molar-refractivity contribution is -0.141. The zero-order valence-electron chi connectivity index (χ0n) is 17.7. The summed E-state index contributed by atoms with van der Waals surface area (Å²) in [7, 11) is -4.51. The van der Waals surface area contributed by atoms with Gasteiger partial charge in [-0.3, -0.25) is 9.54 Å². The average molecular weight is 525 g/mol. The van der Waals surface area contributed by atoms with Gasteiger partial charge in [-0.05, 0) is 42.5 Å². The number of hydrogen-bond donors (Lipinski definition) is 1. The molecule has 2 aromatic carbocycles. The first-order valence-corrected chi connectivity index (χ1v) is 11.3. The first-order valence-electron chi connectivity index (χ1n) is 9.90. The van der Waals surface area contributed by atoms with Crippen LogP contribution >= 0.6 is 0 Å². The topological polar surface area (TPSA) is 93.0 Å². The smallest absolute Gasteiger partial charge is 0.282 e. The molecule has 0 unspecified atom stereocenters.